The van der Waals surface area contributed by atoms with Crippen LogP contribution in [0.25, 0.3) is 0 Å². The zero-order valence-corrected chi connectivity index (χ0v) is 7.48. The van der Waals surface area contributed by atoms with Crippen LogP contribution in [-0.2, 0) is 10.0 Å². The van der Waals surface area contributed by atoms with Gasteiger partial charge in [0, 0.05) is 0 Å². The molecule has 0 aliphatic heterocycles. The molecule has 7 heteroatoms. The highest BCUT2D eigenvalue weighted by atomic mass is 32.2. The number of nitrogens with two attached hydrogens (primary N) is 1. The van der Waals surface area contributed by atoms with Gasteiger partial charge in [-0.05, 0) is 12.1 Å². The highest BCUT2D eigenvalue weighted by molar-refractivity contribution is 7.89. The summed E-state index contributed by atoms with van der Waals surface area (Å²) in [6.45, 7) is 0. The van der Waals surface area contributed by atoms with E-state index >= 15 is 0 Å². The van der Waals surface area contributed by atoms with Gasteiger partial charge >= 0.3 is 7.69 Å². The minimum atomic E-state index is -3.50. The number of hydrogen-bond acceptors (Lipinski definition) is 4. The molecular weight excluding hydrogens is 193 g/mol. The highest BCUT2D eigenvalue weighted by Gasteiger charge is 2.03. The van der Waals surface area contributed by atoms with E-state index in [0.29, 0.717) is 0 Å². The van der Waals surface area contributed by atoms with Gasteiger partial charge in [-0.15, -0.1) is 0 Å². The fourth-order valence-electron chi connectivity index (χ4n) is 0.610. The summed E-state index contributed by atoms with van der Waals surface area (Å²) in [6, 6.07) is 7.89. The topological polar surface area (TPSA) is 101 Å². The Hall–Kier alpha value is -0.885. The molecule has 1 aromatic rings. The van der Waals surface area contributed by atoms with Crippen LogP contribution in [-0.4, -0.2) is 26.2 Å². The molecule has 71 valence electrons. The van der Waals surface area contributed by atoms with Gasteiger partial charge in [0.2, 0.25) is 10.0 Å². The Bertz CT molecular complexity index is 326. The van der Waals surface area contributed by atoms with E-state index in [9.17, 15) is 8.42 Å². The van der Waals surface area contributed by atoms with Crippen molar-refractivity contribution < 1.29 is 18.5 Å². The first kappa shape index (κ1) is 12.1. The van der Waals surface area contributed by atoms with Crippen LogP contribution >= 0.6 is 0 Å². The molecule has 0 aliphatic carbocycles. The van der Waals surface area contributed by atoms with E-state index in [1.54, 1.807) is 18.2 Å². The zero-order chi connectivity index (χ0) is 10.3. The Morgan fingerprint density at radius 2 is 1.54 bits per heavy atom. The minimum Gasteiger partial charge on any atom is -0.429 e. The summed E-state index contributed by atoms with van der Waals surface area (Å²) in [5.41, 5.74) is 0. The first-order valence-corrected chi connectivity index (χ1v) is 4.75. The van der Waals surface area contributed by atoms with E-state index in [-0.39, 0.29) is 12.6 Å². The molecule has 4 N–H and O–H groups in total. The van der Waals surface area contributed by atoms with Crippen molar-refractivity contribution >= 4 is 17.7 Å². The van der Waals surface area contributed by atoms with Crippen LogP contribution in [0.2, 0.25) is 0 Å². The summed E-state index contributed by atoms with van der Waals surface area (Å²) < 4.78 is 21.2. The van der Waals surface area contributed by atoms with Crippen molar-refractivity contribution in [2.24, 2.45) is 5.14 Å². The second kappa shape index (κ2) is 5.71. The average molecular weight is 202 g/mol. The van der Waals surface area contributed by atoms with Crippen molar-refractivity contribution in [3.05, 3.63) is 30.3 Å². The average Bonchev–Trinajstić information content (AvgIpc) is 2.06. The molecule has 1 radical (unpaired) electrons. The third-order valence-corrected chi connectivity index (χ3v) is 2.00. The highest BCUT2D eigenvalue weighted by Crippen LogP contribution is 2.02. The summed E-state index contributed by atoms with van der Waals surface area (Å²) in [7, 11) is -3.50. The first-order chi connectivity index (χ1) is 6.02. The molecule has 0 bridgehead atoms. The lowest BCUT2D eigenvalue weighted by atomic mass is 10.4. The van der Waals surface area contributed by atoms with Gasteiger partial charge < -0.3 is 10.0 Å². The molecule has 0 saturated carbocycles. The predicted octanol–water partition coefficient (Wildman–Crippen LogP) is -1.16. The maximum Gasteiger partial charge on any atom is 0.482 e. The van der Waals surface area contributed by atoms with Gasteiger partial charge in [0.1, 0.15) is 0 Å². The monoisotopic (exact) mass is 202 g/mol. The molecule has 0 amide bonds. The van der Waals surface area contributed by atoms with Crippen molar-refractivity contribution in [2.75, 3.05) is 0 Å². The summed E-state index contributed by atoms with van der Waals surface area (Å²) in [4.78, 5) is 0.148. The van der Waals surface area contributed by atoms with E-state index in [0.717, 1.165) is 0 Å². The summed E-state index contributed by atoms with van der Waals surface area (Å²) >= 11 is 0. The largest absolute Gasteiger partial charge is 0.482 e. The molecule has 1 rings (SSSR count). The van der Waals surface area contributed by atoms with Crippen molar-refractivity contribution in [3.8, 4) is 0 Å². The smallest absolute Gasteiger partial charge is 0.429 e. The fourth-order valence-corrected chi connectivity index (χ4v) is 1.15. The maximum absolute atomic E-state index is 10.6. The molecule has 0 heterocycles. The van der Waals surface area contributed by atoms with Gasteiger partial charge in [-0.3, -0.25) is 0 Å². The molecule has 5 nitrogen and oxygen atoms in total. The van der Waals surface area contributed by atoms with Crippen molar-refractivity contribution in [1.82, 2.24) is 0 Å². The second-order valence-electron chi connectivity index (χ2n) is 1.97. The third-order valence-electron chi connectivity index (χ3n) is 1.07. The normalized spacial score (nSPS) is 9.77. The minimum absolute atomic E-state index is 0. The molecule has 0 aromatic heterocycles. The zero-order valence-electron chi connectivity index (χ0n) is 6.66. The van der Waals surface area contributed by atoms with Gasteiger partial charge in [0.05, 0.1) is 4.90 Å². The summed E-state index contributed by atoms with van der Waals surface area (Å²) in [6.07, 6.45) is 0. The van der Waals surface area contributed by atoms with Gasteiger partial charge in [0.25, 0.3) is 0 Å². The SMILES string of the molecule is NS(=O)(=O)c1ccccc1.O[B]O. The second-order valence-corrected chi connectivity index (χ2v) is 3.53. The Labute approximate surface area is 77.2 Å². The quantitative estimate of drug-likeness (QED) is 0.500. The van der Waals surface area contributed by atoms with E-state index in [4.69, 9.17) is 15.2 Å². The van der Waals surface area contributed by atoms with Gasteiger partial charge in [0.15, 0.2) is 0 Å². The van der Waals surface area contributed by atoms with Crippen molar-refractivity contribution in [1.29, 1.82) is 0 Å². The Balaban J connectivity index is 0.000000424. The summed E-state index contributed by atoms with van der Waals surface area (Å²) in [5, 5.41) is 18.8. The van der Waals surface area contributed by atoms with Crippen molar-refractivity contribution in [3.63, 3.8) is 0 Å². The maximum atomic E-state index is 10.6. The number of benzene rings is 1. The van der Waals surface area contributed by atoms with Crippen LogP contribution in [0.3, 0.4) is 0 Å². The van der Waals surface area contributed by atoms with Crippen LogP contribution < -0.4 is 5.14 Å². The van der Waals surface area contributed by atoms with Crippen molar-refractivity contribution in [2.45, 2.75) is 4.90 Å². The molecule has 0 unspecified atom stereocenters. The van der Waals surface area contributed by atoms with Crippen LogP contribution in [0, 0.1) is 0 Å². The number of primary sulfonamides is 1. The fraction of sp³-hybridized carbons (Fsp3) is 0. The lowest BCUT2D eigenvalue weighted by molar-refractivity contribution is 0.448. The van der Waals surface area contributed by atoms with Crippen LogP contribution in [0.5, 0.6) is 0 Å². The van der Waals surface area contributed by atoms with Gasteiger partial charge in [-0.1, -0.05) is 18.2 Å². The molecule has 0 saturated heterocycles. The van der Waals surface area contributed by atoms with E-state index in [1.807, 2.05) is 0 Å². The molecule has 0 aliphatic rings. The van der Waals surface area contributed by atoms with Gasteiger partial charge in [-0.25, -0.2) is 13.6 Å². The van der Waals surface area contributed by atoms with E-state index in [1.165, 1.54) is 12.1 Å². The Morgan fingerprint density at radius 1 is 1.15 bits per heavy atom. The standard InChI is InChI=1S/C6H7NO2S.BH2O2/c7-10(8,9)6-4-2-1-3-5-6;2-1-3/h1-5H,(H2,7,8,9);2-3H. The van der Waals surface area contributed by atoms with Crippen LogP contribution in [0.15, 0.2) is 35.2 Å². The van der Waals surface area contributed by atoms with Crippen LogP contribution in [0.4, 0.5) is 0 Å². The number of hydrogen-bond donors (Lipinski definition) is 3. The third kappa shape index (κ3) is 5.37. The van der Waals surface area contributed by atoms with Gasteiger partial charge in [-0.2, -0.15) is 0 Å². The first-order valence-electron chi connectivity index (χ1n) is 3.20. The Kier molecular flexibility index (Phi) is 5.32. The number of sulfonamides is 1. The predicted molar refractivity (Wildman–Crippen MR) is 48.0 cm³/mol. The Morgan fingerprint density at radius 3 is 1.77 bits per heavy atom. The van der Waals surface area contributed by atoms with E-state index < -0.39 is 10.0 Å². The molecular formula is C6H9BNO4S. The van der Waals surface area contributed by atoms with Crippen LogP contribution in [0.1, 0.15) is 0 Å². The lowest BCUT2D eigenvalue weighted by Gasteiger charge is -1.93. The molecule has 0 atom stereocenters. The molecule has 0 fully saturated rings. The molecule has 1 aromatic carbocycles. The summed E-state index contributed by atoms with van der Waals surface area (Å²) in [5.74, 6) is 0. The lowest BCUT2D eigenvalue weighted by Crippen LogP contribution is -2.11. The van der Waals surface area contributed by atoms with E-state index in [2.05, 4.69) is 0 Å². The number of rotatable bonds is 1. The molecule has 13 heavy (non-hydrogen) atoms. The molecule has 0 spiro atoms.